The fourth-order valence-electron chi connectivity index (χ4n) is 4.12. The number of benzene rings is 1. The summed E-state index contributed by atoms with van der Waals surface area (Å²) >= 11 is 6.02. The lowest BCUT2D eigenvalue weighted by Crippen LogP contribution is -2.43. The second-order valence-corrected chi connectivity index (χ2v) is 10.1. The van der Waals surface area contributed by atoms with Crippen LogP contribution in [0.4, 0.5) is 11.4 Å². The summed E-state index contributed by atoms with van der Waals surface area (Å²) in [4.78, 5) is 11.3. The van der Waals surface area contributed by atoms with E-state index in [2.05, 4.69) is 31.0 Å². The molecule has 1 saturated heterocycles. The third kappa shape index (κ3) is 4.27. The first-order valence-corrected chi connectivity index (χ1v) is 12.4. The summed E-state index contributed by atoms with van der Waals surface area (Å²) in [6, 6.07) is 9.95. The predicted molar refractivity (Wildman–Crippen MR) is 131 cm³/mol. The molecule has 0 amide bonds. The summed E-state index contributed by atoms with van der Waals surface area (Å²) in [6.45, 7) is 3.68. The van der Waals surface area contributed by atoms with Crippen molar-refractivity contribution < 1.29 is 8.42 Å². The Morgan fingerprint density at radius 3 is 2.73 bits per heavy atom. The first-order valence-electron chi connectivity index (χ1n) is 10.6. The third-order valence-corrected chi connectivity index (χ3v) is 7.32. The van der Waals surface area contributed by atoms with Gasteiger partial charge in [-0.15, -0.1) is 0 Å². The summed E-state index contributed by atoms with van der Waals surface area (Å²) in [5.74, 6) is 0. The molecule has 1 aromatic carbocycles. The maximum absolute atomic E-state index is 13.1. The molecule has 170 valence electrons. The monoisotopic (exact) mass is 482 g/mol. The van der Waals surface area contributed by atoms with Gasteiger partial charge in [0.1, 0.15) is 5.65 Å². The zero-order valence-corrected chi connectivity index (χ0v) is 19.6. The molecule has 0 unspecified atom stereocenters. The highest BCUT2D eigenvalue weighted by atomic mass is 35.5. The van der Waals surface area contributed by atoms with Crippen LogP contribution in [0, 0.1) is 0 Å². The average Bonchev–Trinajstić information content (AvgIpc) is 3.17. The molecule has 0 aliphatic carbocycles. The maximum Gasteiger partial charge on any atom is 0.261 e. The molecule has 33 heavy (non-hydrogen) atoms. The molecule has 5 rings (SSSR count). The van der Waals surface area contributed by atoms with Crippen LogP contribution in [-0.2, 0) is 17.1 Å². The molecule has 0 atom stereocenters. The zero-order valence-electron chi connectivity index (χ0n) is 18.0. The van der Waals surface area contributed by atoms with Crippen LogP contribution in [0.3, 0.4) is 0 Å². The Balaban J connectivity index is 1.59. The van der Waals surface area contributed by atoms with Gasteiger partial charge in [-0.05, 0) is 30.3 Å². The van der Waals surface area contributed by atoms with Crippen LogP contribution in [0.2, 0.25) is 5.02 Å². The largest absolute Gasteiger partial charge is 0.368 e. The molecule has 0 radical (unpaired) electrons. The molecule has 1 aliphatic rings. The number of rotatable bonds is 5. The van der Waals surface area contributed by atoms with Gasteiger partial charge in [0.25, 0.3) is 10.0 Å². The average molecular weight is 483 g/mol. The van der Waals surface area contributed by atoms with Crippen molar-refractivity contribution >= 4 is 44.0 Å². The highest BCUT2D eigenvalue weighted by molar-refractivity contribution is 7.92. The van der Waals surface area contributed by atoms with E-state index in [1.165, 1.54) is 12.1 Å². The van der Waals surface area contributed by atoms with E-state index in [0.29, 0.717) is 21.7 Å². The lowest BCUT2D eigenvalue weighted by Gasteiger charge is -2.29. The summed E-state index contributed by atoms with van der Waals surface area (Å²) in [5, 5.41) is 4.43. The summed E-state index contributed by atoms with van der Waals surface area (Å²) in [5.41, 5.74) is 3.91. The van der Waals surface area contributed by atoms with Crippen LogP contribution in [0.25, 0.3) is 22.2 Å². The van der Waals surface area contributed by atoms with Crippen molar-refractivity contribution in [3.8, 4) is 11.1 Å². The van der Waals surface area contributed by atoms with E-state index in [0.717, 1.165) is 43.0 Å². The highest BCUT2D eigenvalue weighted by Gasteiger charge is 2.21. The van der Waals surface area contributed by atoms with Gasteiger partial charge in [-0.2, -0.15) is 0 Å². The van der Waals surface area contributed by atoms with Crippen molar-refractivity contribution in [2.75, 3.05) is 35.8 Å². The SMILES string of the molecule is Cn1cc(-c2cncc(N3CCNCC3)c2)c2c(NS(=O)(=O)c3cccc(Cl)c3)ccnc21. The van der Waals surface area contributed by atoms with Gasteiger partial charge in [0, 0.05) is 68.0 Å². The quantitative estimate of drug-likeness (QED) is 0.452. The van der Waals surface area contributed by atoms with E-state index in [1.54, 1.807) is 30.6 Å². The first kappa shape index (κ1) is 21.7. The topological polar surface area (TPSA) is 92.2 Å². The van der Waals surface area contributed by atoms with Crippen molar-refractivity contribution in [1.82, 2.24) is 19.9 Å². The molecule has 8 nitrogen and oxygen atoms in total. The maximum atomic E-state index is 13.1. The van der Waals surface area contributed by atoms with Gasteiger partial charge in [0.2, 0.25) is 0 Å². The molecular weight excluding hydrogens is 460 g/mol. The van der Waals surface area contributed by atoms with E-state index in [9.17, 15) is 8.42 Å². The van der Waals surface area contributed by atoms with Crippen molar-refractivity contribution in [2.24, 2.45) is 7.05 Å². The highest BCUT2D eigenvalue weighted by Crippen LogP contribution is 2.36. The van der Waals surface area contributed by atoms with Gasteiger partial charge in [-0.25, -0.2) is 13.4 Å². The molecule has 1 aliphatic heterocycles. The van der Waals surface area contributed by atoms with Crippen molar-refractivity contribution in [2.45, 2.75) is 4.90 Å². The van der Waals surface area contributed by atoms with Crippen LogP contribution < -0.4 is 14.9 Å². The zero-order chi connectivity index (χ0) is 23.0. The van der Waals surface area contributed by atoms with Crippen LogP contribution in [0.1, 0.15) is 0 Å². The van der Waals surface area contributed by atoms with Gasteiger partial charge >= 0.3 is 0 Å². The molecular formula is C23H23ClN6O2S. The van der Waals surface area contributed by atoms with Crippen LogP contribution >= 0.6 is 11.6 Å². The molecule has 0 spiro atoms. The fourth-order valence-corrected chi connectivity index (χ4v) is 5.49. The number of hydrogen-bond donors (Lipinski definition) is 2. The lowest BCUT2D eigenvalue weighted by molar-refractivity contribution is 0.589. The number of piperazine rings is 1. The van der Waals surface area contributed by atoms with Crippen molar-refractivity contribution in [3.63, 3.8) is 0 Å². The van der Waals surface area contributed by atoms with Gasteiger partial charge in [-0.3, -0.25) is 9.71 Å². The lowest BCUT2D eigenvalue weighted by atomic mass is 10.1. The normalized spacial score (nSPS) is 14.5. The Morgan fingerprint density at radius 1 is 1.12 bits per heavy atom. The van der Waals surface area contributed by atoms with Crippen molar-refractivity contribution in [3.05, 3.63) is 66.2 Å². The number of hydrogen-bond acceptors (Lipinski definition) is 6. The summed E-state index contributed by atoms with van der Waals surface area (Å²) in [7, 11) is -1.95. The van der Waals surface area contributed by atoms with Gasteiger partial charge in [0.05, 0.1) is 27.9 Å². The van der Waals surface area contributed by atoms with Crippen molar-refractivity contribution in [1.29, 1.82) is 0 Å². The third-order valence-electron chi connectivity index (χ3n) is 5.72. The Labute approximate surface area is 197 Å². The number of halogens is 1. The van der Waals surface area contributed by atoms with Crippen LogP contribution in [0.15, 0.2) is 66.1 Å². The Hall–Kier alpha value is -3.14. The summed E-state index contributed by atoms with van der Waals surface area (Å²) in [6.07, 6.45) is 7.20. The first-order chi connectivity index (χ1) is 15.9. The molecule has 4 aromatic rings. The van der Waals surface area contributed by atoms with Crippen LogP contribution in [0.5, 0.6) is 0 Å². The number of anilines is 2. The minimum absolute atomic E-state index is 0.0971. The number of pyridine rings is 2. The Kier molecular flexibility index (Phi) is 5.69. The van der Waals surface area contributed by atoms with E-state index in [1.807, 2.05) is 24.0 Å². The van der Waals surface area contributed by atoms with E-state index >= 15 is 0 Å². The second-order valence-electron chi connectivity index (χ2n) is 7.94. The molecule has 3 aromatic heterocycles. The number of sulfonamides is 1. The number of nitrogens with zero attached hydrogens (tertiary/aromatic N) is 4. The Morgan fingerprint density at radius 2 is 1.94 bits per heavy atom. The molecule has 0 bridgehead atoms. The van der Waals surface area contributed by atoms with Gasteiger partial charge in [-0.1, -0.05) is 17.7 Å². The molecule has 4 heterocycles. The predicted octanol–water partition coefficient (Wildman–Crippen LogP) is 3.50. The van der Waals surface area contributed by atoms with E-state index in [-0.39, 0.29) is 4.90 Å². The molecule has 0 saturated carbocycles. The smallest absolute Gasteiger partial charge is 0.261 e. The molecule has 2 N–H and O–H groups in total. The molecule has 1 fully saturated rings. The van der Waals surface area contributed by atoms with Gasteiger partial charge < -0.3 is 14.8 Å². The number of aryl methyl sites for hydroxylation is 1. The fraction of sp³-hybridized carbons (Fsp3) is 0.217. The number of nitrogens with one attached hydrogen (secondary N) is 2. The minimum Gasteiger partial charge on any atom is -0.368 e. The Bertz CT molecular complexity index is 1430. The van der Waals surface area contributed by atoms with E-state index < -0.39 is 10.0 Å². The minimum atomic E-state index is -3.84. The standard InChI is InChI=1S/C23H23ClN6O2S/c1-29-15-20(16-11-18(14-26-13-16)30-9-7-25-8-10-30)22-21(5-6-27-23(22)29)28-33(31,32)19-4-2-3-17(24)12-19/h2-6,11-15,25H,7-10H2,1H3,(H,27,28). The van der Waals surface area contributed by atoms with Crippen LogP contribution in [-0.4, -0.2) is 49.1 Å². The summed E-state index contributed by atoms with van der Waals surface area (Å²) < 4.78 is 30.8. The van der Waals surface area contributed by atoms with E-state index in [4.69, 9.17) is 11.6 Å². The number of fused-ring (bicyclic) bond motifs is 1. The number of aromatic nitrogens is 3. The molecule has 10 heteroatoms. The van der Waals surface area contributed by atoms with Gasteiger partial charge in [0.15, 0.2) is 0 Å². The second kappa shape index (κ2) is 8.66.